The predicted octanol–water partition coefficient (Wildman–Crippen LogP) is 1.66. The summed E-state index contributed by atoms with van der Waals surface area (Å²) >= 11 is 1.49. The lowest BCUT2D eigenvalue weighted by atomic mass is 10.0. The van der Waals surface area contributed by atoms with E-state index in [0.717, 1.165) is 43.7 Å². The van der Waals surface area contributed by atoms with Crippen LogP contribution in [-0.2, 0) is 9.47 Å². The quantitative estimate of drug-likeness (QED) is 0.817. The Bertz CT molecular complexity index is 415. The fraction of sp³-hybridized carbons (Fsp3) is 0.833. The molecule has 18 heavy (non-hydrogen) atoms. The van der Waals surface area contributed by atoms with Crippen LogP contribution in [0, 0.1) is 0 Å². The molecular formula is C12H19N3O2S. The molecule has 0 bridgehead atoms. The molecule has 0 amide bonds. The first kappa shape index (κ1) is 12.3. The number of rotatable bonds is 2. The Balaban J connectivity index is 1.75. The van der Waals surface area contributed by atoms with Gasteiger partial charge in [0.05, 0.1) is 19.8 Å². The summed E-state index contributed by atoms with van der Waals surface area (Å²) in [6.45, 7) is 8.28. The predicted molar refractivity (Wildman–Crippen MR) is 70.3 cm³/mol. The summed E-state index contributed by atoms with van der Waals surface area (Å²) < 4.78 is 15.8. The Morgan fingerprint density at radius 2 is 2.28 bits per heavy atom. The Morgan fingerprint density at radius 3 is 2.94 bits per heavy atom. The van der Waals surface area contributed by atoms with E-state index in [0.29, 0.717) is 12.5 Å². The molecule has 1 spiro atoms. The average Bonchev–Trinajstić information content (AvgIpc) is 2.98. The molecule has 0 saturated carbocycles. The molecule has 2 saturated heterocycles. The Morgan fingerprint density at radius 1 is 1.39 bits per heavy atom. The van der Waals surface area contributed by atoms with Crippen LogP contribution in [0.2, 0.25) is 0 Å². The SMILES string of the molecule is CC(C)c1nsc(N2CCOC3(CCOC3)C2)n1. The lowest BCUT2D eigenvalue weighted by Crippen LogP contribution is -2.52. The topological polar surface area (TPSA) is 47.5 Å². The van der Waals surface area contributed by atoms with Crippen molar-refractivity contribution in [3.8, 4) is 0 Å². The molecule has 0 aromatic carbocycles. The molecule has 5 nitrogen and oxygen atoms in total. The fourth-order valence-corrected chi connectivity index (χ4v) is 3.26. The van der Waals surface area contributed by atoms with Gasteiger partial charge in [0.2, 0.25) is 5.13 Å². The van der Waals surface area contributed by atoms with E-state index < -0.39 is 0 Å². The van der Waals surface area contributed by atoms with Crippen LogP contribution in [0.4, 0.5) is 5.13 Å². The third-order valence-electron chi connectivity index (χ3n) is 3.53. The molecule has 2 aliphatic rings. The summed E-state index contributed by atoms with van der Waals surface area (Å²) in [7, 11) is 0. The van der Waals surface area contributed by atoms with Crippen molar-refractivity contribution in [1.29, 1.82) is 0 Å². The first-order chi connectivity index (χ1) is 8.69. The van der Waals surface area contributed by atoms with Crippen molar-refractivity contribution in [3.63, 3.8) is 0 Å². The summed E-state index contributed by atoms with van der Waals surface area (Å²) in [5.41, 5.74) is -0.109. The fourth-order valence-electron chi connectivity index (χ4n) is 2.42. The van der Waals surface area contributed by atoms with Gasteiger partial charge < -0.3 is 14.4 Å². The monoisotopic (exact) mass is 269 g/mol. The highest BCUT2D eigenvalue weighted by Crippen LogP contribution is 2.31. The number of morpholine rings is 1. The average molecular weight is 269 g/mol. The number of aromatic nitrogens is 2. The highest BCUT2D eigenvalue weighted by molar-refractivity contribution is 7.09. The normalized spacial score (nSPS) is 28.5. The number of ether oxygens (including phenoxy) is 2. The second-order valence-electron chi connectivity index (χ2n) is 5.35. The Hall–Kier alpha value is -0.720. The first-order valence-electron chi connectivity index (χ1n) is 6.49. The minimum absolute atomic E-state index is 0.109. The van der Waals surface area contributed by atoms with Crippen LogP contribution in [-0.4, -0.2) is 47.9 Å². The van der Waals surface area contributed by atoms with Gasteiger partial charge >= 0.3 is 0 Å². The van der Waals surface area contributed by atoms with Gasteiger partial charge in [0, 0.05) is 37.0 Å². The standard InChI is InChI=1S/C12H19N3O2S/c1-9(2)10-13-11(18-14-10)15-4-6-17-12(7-15)3-5-16-8-12/h9H,3-8H2,1-2H3. The van der Waals surface area contributed by atoms with Gasteiger partial charge in [-0.05, 0) is 0 Å². The third kappa shape index (κ3) is 2.24. The van der Waals surface area contributed by atoms with Crippen molar-refractivity contribution in [2.45, 2.75) is 31.8 Å². The van der Waals surface area contributed by atoms with Crippen molar-refractivity contribution in [1.82, 2.24) is 9.36 Å². The Labute approximate surface area is 111 Å². The maximum Gasteiger partial charge on any atom is 0.205 e. The third-order valence-corrected chi connectivity index (χ3v) is 4.32. The Kier molecular flexibility index (Phi) is 3.25. The van der Waals surface area contributed by atoms with E-state index >= 15 is 0 Å². The zero-order valence-electron chi connectivity index (χ0n) is 10.9. The van der Waals surface area contributed by atoms with Gasteiger partial charge in [0.1, 0.15) is 11.4 Å². The van der Waals surface area contributed by atoms with Crippen molar-refractivity contribution < 1.29 is 9.47 Å². The number of nitrogens with zero attached hydrogens (tertiary/aromatic N) is 3. The smallest absolute Gasteiger partial charge is 0.205 e. The second kappa shape index (κ2) is 4.75. The van der Waals surface area contributed by atoms with E-state index in [1.54, 1.807) is 0 Å². The molecule has 0 N–H and O–H groups in total. The molecule has 100 valence electrons. The minimum atomic E-state index is -0.109. The molecule has 0 aliphatic carbocycles. The number of hydrogen-bond donors (Lipinski definition) is 0. The lowest BCUT2D eigenvalue weighted by molar-refractivity contribution is -0.0579. The van der Waals surface area contributed by atoms with Crippen LogP contribution in [0.5, 0.6) is 0 Å². The van der Waals surface area contributed by atoms with Crippen LogP contribution in [0.25, 0.3) is 0 Å². The van der Waals surface area contributed by atoms with Gasteiger partial charge in [-0.2, -0.15) is 4.37 Å². The van der Waals surface area contributed by atoms with E-state index in [9.17, 15) is 0 Å². The maximum atomic E-state index is 5.92. The molecule has 3 rings (SSSR count). The molecule has 6 heteroatoms. The molecule has 1 unspecified atom stereocenters. The first-order valence-corrected chi connectivity index (χ1v) is 7.26. The summed E-state index contributed by atoms with van der Waals surface area (Å²) in [4.78, 5) is 6.92. The summed E-state index contributed by atoms with van der Waals surface area (Å²) in [5, 5.41) is 1.02. The number of hydrogen-bond acceptors (Lipinski definition) is 6. The van der Waals surface area contributed by atoms with Crippen LogP contribution in [0.3, 0.4) is 0 Å². The number of anilines is 1. The van der Waals surface area contributed by atoms with E-state index in [1.165, 1.54) is 11.5 Å². The van der Waals surface area contributed by atoms with Crippen molar-refractivity contribution in [3.05, 3.63) is 5.82 Å². The highest BCUT2D eigenvalue weighted by atomic mass is 32.1. The maximum absolute atomic E-state index is 5.92. The largest absolute Gasteiger partial charge is 0.378 e. The molecule has 3 heterocycles. The van der Waals surface area contributed by atoms with Crippen LogP contribution < -0.4 is 4.90 Å². The minimum Gasteiger partial charge on any atom is -0.378 e. The molecule has 2 aliphatic heterocycles. The van der Waals surface area contributed by atoms with Crippen LogP contribution >= 0.6 is 11.5 Å². The van der Waals surface area contributed by atoms with Crippen molar-refractivity contribution >= 4 is 16.7 Å². The zero-order valence-corrected chi connectivity index (χ0v) is 11.7. The van der Waals surface area contributed by atoms with E-state index in [4.69, 9.17) is 9.47 Å². The van der Waals surface area contributed by atoms with E-state index in [1.807, 2.05) is 0 Å². The molecule has 1 atom stereocenters. The molecular weight excluding hydrogens is 250 g/mol. The molecule has 1 aromatic heterocycles. The van der Waals surface area contributed by atoms with Crippen molar-refractivity contribution in [2.75, 3.05) is 37.8 Å². The summed E-state index contributed by atoms with van der Waals surface area (Å²) in [6, 6.07) is 0. The molecule has 1 aromatic rings. The van der Waals surface area contributed by atoms with Gasteiger partial charge in [-0.3, -0.25) is 0 Å². The second-order valence-corrected chi connectivity index (χ2v) is 6.08. The van der Waals surface area contributed by atoms with Crippen LogP contribution in [0.15, 0.2) is 0 Å². The van der Waals surface area contributed by atoms with E-state index in [-0.39, 0.29) is 5.60 Å². The van der Waals surface area contributed by atoms with E-state index in [2.05, 4.69) is 28.1 Å². The van der Waals surface area contributed by atoms with Gasteiger partial charge in [-0.15, -0.1) is 0 Å². The van der Waals surface area contributed by atoms with Gasteiger partial charge in [-0.25, -0.2) is 4.98 Å². The summed E-state index contributed by atoms with van der Waals surface area (Å²) in [6.07, 6.45) is 0.985. The molecule has 0 radical (unpaired) electrons. The van der Waals surface area contributed by atoms with Crippen molar-refractivity contribution in [2.24, 2.45) is 0 Å². The molecule has 2 fully saturated rings. The lowest BCUT2D eigenvalue weighted by Gasteiger charge is -2.39. The highest BCUT2D eigenvalue weighted by Gasteiger charge is 2.41. The van der Waals surface area contributed by atoms with Crippen LogP contribution in [0.1, 0.15) is 32.0 Å². The summed E-state index contributed by atoms with van der Waals surface area (Å²) in [5.74, 6) is 1.33. The van der Waals surface area contributed by atoms with Gasteiger partial charge in [-0.1, -0.05) is 13.8 Å². The van der Waals surface area contributed by atoms with Gasteiger partial charge in [0.25, 0.3) is 0 Å². The zero-order chi connectivity index (χ0) is 12.6. The van der Waals surface area contributed by atoms with Gasteiger partial charge in [0.15, 0.2) is 0 Å².